The van der Waals surface area contributed by atoms with Crippen LogP contribution in [0.25, 0.3) is 0 Å². The van der Waals surface area contributed by atoms with Crippen LogP contribution in [0.2, 0.25) is 0 Å². The zero-order valence-corrected chi connectivity index (χ0v) is 8.71. The Bertz CT molecular complexity index is 328. The van der Waals surface area contributed by atoms with Crippen LogP contribution < -0.4 is 4.74 Å². The van der Waals surface area contributed by atoms with Crippen LogP contribution in [-0.2, 0) is 0 Å². The largest absolute Gasteiger partial charge is 0.493 e. The molecule has 0 amide bonds. The molecule has 0 aliphatic rings. The maximum Gasteiger partial charge on any atom is 0.126 e. The van der Waals surface area contributed by atoms with Crippen molar-refractivity contribution >= 4 is 0 Å². The molecule has 1 aromatic carbocycles. The zero-order valence-electron chi connectivity index (χ0n) is 8.71. The first-order chi connectivity index (χ1) is 7.33. The fourth-order valence-corrected chi connectivity index (χ4v) is 1.25. The molecule has 0 bridgehead atoms. The highest BCUT2D eigenvalue weighted by molar-refractivity contribution is 5.22. The normalized spacial score (nSPS) is 9.60. The minimum absolute atomic E-state index is 0.264. The lowest BCUT2D eigenvalue weighted by Gasteiger charge is -2.05. The average Bonchev–Trinajstić information content (AvgIpc) is 2.23. The first-order valence-electron chi connectivity index (χ1n) is 5.15. The predicted octanol–water partition coefficient (Wildman–Crippen LogP) is 3.40. The van der Waals surface area contributed by atoms with Gasteiger partial charge in [0, 0.05) is 12.5 Å². The van der Waals surface area contributed by atoms with Gasteiger partial charge in [0.15, 0.2) is 0 Å². The van der Waals surface area contributed by atoms with Crippen LogP contribution in [0.1, 0.15) is 25.7 Å². The highest BCUT2D eigenvalue weighted by Crippen LogP contribution is 2.12. The number of hydrogen-bond donors (Lipinski definition) is 0. The number of unbranched alkanes of at least 4 members (excludes halogenated alkanes) is 3. The van der Waals surface area contributed by atoms with Gasteiger partial charge in [0.2, 0.25) is 0 Å². The maximum atomic E-state index is 12.7. The van der Waals surface area contributed by atoms with Gasteiger partial charge in [-0.1, -0.05) is 6.07 Å². The van der Waals surface area contributed by atoms with Gasteiger partial charge in [-0.25, -0.2) is 4.39 Å². The molecule has 2 heteroatoms. The summed E-state index contributed by atoms with van der Waals surface area (Å²) in [5.41, 5.74) is 0. The van der Waals surface area contributed by atoms with Crippen LogP contribution in [0.15, 0.2) is 24.3 Å². The van der Waals surface area contributed by atoms with Crippen molar-refractivity contribution in [2.75, 3.05) is 6.61 Å². The van der Waals surface area contributed by atoms with Gasteiger partial charge < -0.3 is 4.74 Å². The minimum atomic E-state index is -0.264. The smallest absolute Gasteiger partial charge is 0.126 e. The molecule has 1 aromatic rings. The second-order valence-electron chi connectivity index (χ2n) is 3.32. The number of halogens is 1. The van der Waals surface area contributed by atoms with Crippen molar-refractivity contribution in [3.8, 4) is 18.1 Å². The monoisotopic (exact) mass is 206 g/mol. The summed E-state index contributed by atoms with van der Waals surface area (Å²) in [6, 6.07) is 6.19. The zero-order chi connectivity index (χ0) is 10.9. The number of rotatable bonds is 6. The number of ether oxygens (including phenoxy) is 1. The molecule has 0 saturated heterocycles. The molecule has 1 nitrogen and oxygen atoms in total. The molecule has 0 heterocycles. The Balaban J connectivity index is 2.13. The van der Waals surface area contributed by atoms with Crippen LogP contribution in [0.4, 0.5) is 4.39 Å². The summed E-state index contributed by atoms with van der Waals surface area (Å²) < 4.78 is 18.1. The van der Waals surface area contributed by atoms with Crippen molar-refractivity contribution in [3.05, 3.63) is 30.1 Å². The van der Waals surface area contributed by atoms with E-state index in [-0.39, 0.29) is 5.82 Å². The summed E-state index contributed by atoms with van der Waals surface area (Å²) >= 11 is 0. The van der Waals surface area contributed by atoms with E-state index >= 15 is 0 Å². The molecule has 0 saturated carbocycles. The van der Waals surface area contributed by atoms with E-state index in [1.807, 2.05) is 0 Å². The first-order valence-corrected chi connectivity index (χ1v) is 5.15. The van der Waals surface area contributed by atoms with E-state index in [1.54, 1.807) is 12.1 Å². The Kier molecular flexibility index (Phi) is 5.32. The molecule has 0 aliphatic heterocycles. The SMILES string of the molecule is C#CCCCCCOc1cccc(F)c1. The van der Waals surface area contributed by atoms with E-state index in [1.165, 1.54) is 12.1 Å². The molecule has 15 heavy (non-hydrogen) atoms. The summed E-state index contributed by atoms with van der Waals surface area (Å²) in [5.74, 6) is 2.92. The lowest BCUT2D eigenvalue weighted by atomic mass is 10.2. The maximum absolute atomic E-state index is 12.7. The molecule has 0 aromatic heterocycles. The number of hydrogen-bond acceptors (Lipinski definition) is 1. The first kappa shape index (κ1) is 11.6. The Labute approximate surface area is 90.3 Å². The van der Waals surface area contributed by atoms with E-state index in [2.05, 4.69) is 5.92 Å². The fraction of sp³-hybridized carbons (Fsp3) is 0.385. The third-order valence-corrected chi connectivity index (χ3v) is 2.03. The van der Waals surface area contributed by atoms with Crippen LogP contribution >= 0.6 is 0 Å². The van der Waals surface area contributed by atoms with Gasteiger partial charge in [0.05, 0.1) is 6.61 Å². The summed E-state index contributed by atoms with van der Waals surface area (Å²) in [4.78, 5) is 0. The number of terminal acetylenes is 1. The average molecular weight is 206 g/mol. The van der Waals surface area contributed by atoms with Gasteiger partial charge >= 0.3 is 0 Å². The van der Waals surface area contributed by atoms with Crippen molar-refractivity contribution in [2.24, 2.45) is 0 Å². The third kappa shape index (κ3) is 5.07. The second kappa shape index (κ2) is 6.89. The van der Waals surface area contributed by atoms with E-state index in [4.69, 9.17) is 11.2 Å². The highest BCUT2D eigenvalue weighted by atomic mass is 19.1. The Morgan fingerprint density at radius 3 is 2.87 bits per heavy atom. The van der Waals surface area contributed by atoms with E-state index < -0.39 is 0 Å². The van der Waals surface area contributed by atoms with Gasteiger partial charge in [-0.3, -0.25) is 0 Å². The van der Waals surface area contributed by atoms with E-state index in [9.17, 15) is 4.39 Å². The Morgan fingerprint density at radius 2 is 2.13 bits per heavy atom. The molecule has 0 atom stereocenters. The Hall–Kier alpha value is -1.49. The summed E-state index contributed by atoms with van der Waals surface area (Å²) in [7, 11) is 0. The lowest BCUT2D eigenvalue weighted by molar-refractivity contribution is 0.304. The van der Waals surface area contributed by atoms with Gasteiger partial charge in [-0.15, -0.1) is 12.3 Å². The fourth-order valence-electron chi connectivity index (χ4n) is 1.25. The predicted molar refractivity (Wildman–Crippen MR) is 59.2 cm³/mol. The van der Waals surface area contributed by atoms with Crippen LogP contribution in [0.3, 0.4) is 0 Å². The van der Waals surface area contributed by atoms with E-state index in [0.29, 0.717) is 12.4 Å². The van der Waals surface area contributed by atoms with Gasteiger partial charge in [0.25, 0.3) is 0 Å². The molecule has 0 unspecified atom stereocenters. The molecule has 1 rings (SSSR count). The standard InChI is InChI=1S/C13H15FO/c1-2-3-4-5-6-10-15-13-9-7-8-12(14)11-13/h1,7-9,11H,3-6,10H2. The van der Waals surface area contributed by atoms with Crippen molar-refractivity contribution in [1.29, 1.82) is 0 Å². The van der Waals surface area contributed by atoms with Gasteiger partial charge in [-0.2, -0.15) is 0 Å². The van der Waals surface area contributed by atoms with E-state index in [0.717, 1.165) is 25.7 Å². The molecule has 0 fully saturated rings. The number of benzene rings is 1. The minimum Gasteiger partial charge on any atom is -0.493 e. The quantitative estimate of drug-likeness (QED) is 0.512. The van der Waals surface area contributed by atoms with Crippen molar-refractivity contribution in [3.63, 3.8) is 0 Å². The van der Waals surface area contributed by atoms with Crippen molar-refractivity contribution in [1.82, 2.24) is 0 Å². The summed E-state index contributed by atoms with van der Waals surface area (Å²) in [6.45, 7) is 0.619. The summed E-state index contributed by atoms with van der Waals surface area (Å²) in [5, 5.41) is 0. The molecule has 0 spiro atoms. The van der Waals surface area contributed by atoms with Gasteiger partial charge in [0.1, 0.15) is 11.6 Å². The molecule has 0 radical (unpaired) electrons. The van der Waals surface area contributed by atoms with Crippen LogP contribution in [0.5, 0.6) is 5.75 Å². The highest BCUT2D eigenvalue weighted by Gasteiger charge is 1.95. The molecular formula is C13H15FO. The van der Waals surface area contributed by atoms with Crippen LogP contribution in [0, 0.1) is 18.2 Å². The third-order valence-electron chi connectivity index (χ3n) is 2.03. The topological polar surface area (TPSA) is 9.23 Å². The summed E-state index contributed by atoms with van der Waals surface area (Å²) in [6.07, 6.45) is 8.99. The van der Waals surface area contributed by atoms with Gasteiger partial charge in [-0.05, 0) is 31.4 Å². The molecule has 0 N–H and O–H groups in total. The molecule has 0 aliphatic carbocycles. The Morgan fingerprint density at radius 1 is 1.27 bits per heavy atom. The molecule has 80 valence electrons. The van der Waals surface area contributed by atoms with Crippen molar-refractivity contribution in [2.45, 2.75) is 25.7 Å². The van der Waals surface area contributed by atoms with Crippen LogP contribution in [-0.4, -0.2) is 6.61 Å². The van der Waals surface area contributed by atoms with Crippen molar-refractivity contribution < 1.29 is 9.13 Å². The lowest BCUT2D eigenvalue weighted by Crippen LogP contribution is -1.97. The second-order valence-corrected chi connectivity index (χ2v) is 3.32. The molecular weight excluding hydrogens is 191 g/mol.